The molecule has 0 saturated heterocycles. The third kappa shape index (κ3) is 4.21. The maximum atomic E-state index is 6.08. The van der Waals surface area contributed by atoms with Gasteiger partial charge in [-0.25, -0.2) is 4.68 Å². The van der Waals surface area contributed by atoms with Gasteiger partial charge in [0.1, 0.15) is 5.75 Å². The summed E-state index contributed by atoms with van der Waals surface area (Å²) in [5, 5.41) is 9.59. The van der Waals surface area contributed by atoms with Crippen LogP contribution in [0.5, 0.6) is 5.75 Å². The molecule has 0 aliphatic carbocycles. The first kappa shape index (κ1) is 16.7. The van der Waals surface area contributed by atoms with Gasteiger partial charge in [-0.2, -0.15) is 0 Å². The van der Waals surface area contributed by atoms with Crippen molar-refractivity contribution in [3.63, 3.8) is 0 Å². The van der Waals surface area contributed by atoms with Crippen molar-refractivity contribution in [1.82, 2.24) is 14.9 Å². The summed E-state index contributed by atoms with van der Waals surface area (Å²) in [6.45, 7) is 0.509. The molecule has 0 spiro atoms. The quantitative estimate of drug-likeness (QED) is 0.397. The van der Waals surface area contributed by atoms with Crippen molar-refractivity contribution in [3.8, 4) is 5.75 Å². The van der Waals surface area contributed by atoms with Crippen molar-refractivity contribution in [1.29, 1.82) is 0 Å². The first-order valence-electron chi connectivity index (χ1n) is 7.47. The van der Waals surface area contributed by atoms with E-state index in [1.54, 1.807) is 6.07 Å². The zero-order chi connectivity index (χ0) is 16.8. The van der Waals surface area contributed by atoms with Gasteiger partial charge >= 0.3 is 0 Å². The van der Waals surface area contributed by atoms with Crippen LogP contribution >= 0.6 is 23.4 Å². The van der Waals surface area contributed by atoms with Crippen molar-refractivity contribution < 1.29 is 4.74 Å². The largest absolute Gasteiger partial charge is 0.491 e. The van der Waals surface area contributed by atoms with E-state index < -0.39 is 0 Å². The Labute approximate surface area is 149 Å². The second-order valence-electron chi connectivity index (χ2n) is 5.06. The van der Waals surface area contributed by atoms with E-state index in [-0.39, 0.29) is 0 Å². The summed E-state index contributed by atoms with van der Waals surface area (Å²) in [6.07, 6.45) is 0.654. The smallest absolute Gasteiger partial charge is 0.209 e. The van der Waals surface area contributed by atoms with Crippen LogP contribution in [0.15, 0.2) is 59.8 Å². The van der Waals surface area contributed by atoms with E-state index in [4.69, 9.17) is 22.2 Å². The van der Waals surface area contributed by atoms with E-state index in [2.05, 4.69) is 10.2 Å². The summed E-state index contributed by atoms with van der Waals surface area (Å²) in [5.74, 6) is 8.19. The fourth-order valence-corrected chi connectivity index (χ4v) is 3.03. The zero-order valence-electron chi connectivity index (χ0n) is 12.9. The van der Waals surface area contributed by atoms with E-state index in [1.165, 1.54) is 16.4 Å². The van der Waals surface area contributed by atoms with Gasteiger partial charge < -0.3 is 10.6 Å². The summed E-state index contributed by atoms with van der Waals surface area (Å²) in [4.78, 5) is 0. The van der Waals surface area contributed by atoms with Crippen LogP contribution in [0.4, 0.5) is 0 Å². The number of para-hydroxylation sites is 1. The number of nitrogens with two attached hydrogens (primary N) is 1. The molecule has 0 atom stereocenters. The standard InChI is InChI=1S/C17H17ClN4OS/c18-14-8-4-5-9-15(14)23-10-11-24-17-21-20-16(22(17)19)12-13-6-2-1-3-7-13/h1-9H,10-12,19H2. The number of nitrogen functional groups attached to an aromatic ring is 1. The Morgan fingerprint density at radius 2 is 1.79 bits per heavy atom. The van der Waals surface area contributed by atoms with Crippen LogP contribution in [0.1, 0.15) is 11.4 Å². The molecular formula is C17H17ClN4OS. The molecule has 0 saturated carbocycles. The van der Waals surface area contributed by atoms with Crippen LogP contribution in [0.25, 0.3) is 0 Å². The first-order chi connectivity index (χ1) is 11.7. The number of halogens is 1. The molecule has 7 heteroatoms. The van der Waals surface area contributed by atoms with Gasteiger partial charge in [0.05, 0.1) is 11.6 Å². The zero-order valence-corrected chi connectivity index (χ0v) is 14.5. The number of nitrogens with zero attached hydrogens (tertiary/aromatic N) is 3. The van der Waals surface area contributed by atoms with E-state index in [0.29, 0.717) is 34.7 Å². The van der Waals surface area contributed by atoms with Crippen LogP contribution in [0.3, 0.4) is 0 Å². The van der Waals surface area contributed by atoms with Crippen molar-refractivity contribution in [2.24, 2.45) is 0 Å². The van der Waals surface area contributed by atoms with E-state index in [0.717, 1.165) is 11.4 Å². The predicted octanol–water partition coefficient (Wildman–Crippen LogP) is 3.41. The summed E-state index contributed by atoms with van der Waals surface area (Å²) in [5.41, 5.74) is 1.15. The summed E-state index contributed by atoms with van der Waals surface area (Å²) >= 11 is 7.55. The van der Waals surface area contributed by atoms with Crippen LogP contribution in [0, 0.1) is 0 Å². The Morgan fingerprint density at radius 1 is 1.04 bits per heavy atom. The van der Waals surface area contributed by atoms with Crippen molar-refractivity contribution in [2.45, 2.75) is 11.6 Å². The van der Waals surface area contributed by atoms with Gasteiger partial charge in [0.15, 0.2) is 5.82 Å². The number of benzene rings is 2. The molecule has 2 N–H and O–H groups in total. The summed E-state index contributed by atoms with van der Waals surface area (Å²) < 4.78 is 7.18. The maximum Gasteiger partial charge on any atom is 0.209 e. The topological polar surface area (TPSA) is 66.0 Å². The Kier molecular flexibility index (Phi) is 5.61. The number of ether oxygens (including phenoxy) is 1. The lowest BCUT2D eigenvalue weighted by molar-refractivity contribution is 0.344. The molecule has 5 nitrogen and oxygen atoms in total. The number of aromatic nitrogens is 3. The third-order valence-electron chi connectivity index (χ3n) is 3.35. The van der Waals surface area contributed by atoms with E-state index >= 15 is 0 Å². The average Bonchev–Trinajstić information content (AvgIpc) is 2.94. The lowest BCUT2D eigenvalue weighted by Crippen LogP contribution is -2.15. The summed E-state index contributed by atoms with van der Waals surface area (Å²) in [6, 6.07) is 17.5. The molecule has 24 heavy (non-hydrogen) atoms. The second-order valence-corrected chi connectivity index (χ2v) is 6.53. The Bertz CT molecular complexity index is 794. The highest BCUT2D eigenvalue weighted by molar-refractivity contribution is 7.99. The predicted molar refractivity (Wildman–Crippen MR) is 97.1 cm³/mol. The monoisotopic (exact) mass is 360 g/mol. The number of thioether (sulfide) groups is 1. The lowest BCUT2D eigenvalue weighted by atomic mass is 10.1. The van der Waals surface area contributed by atoms with Gasteiger partial charge in [0.2, 0.25) is 5.16 Å². The second kappa shape index (κ2) is 8.08. The highest BCUT2D eigenvalue weighted by atomic mass is 35.5. The van der Waals surface area contributed by atoms with Gasteiger partial charge in [0.25, 0.3) is 0 Å². The number of hydrogen-bond acceptors (Lipinski definition) is 5. The molecule has 0 bridgehead atoms. The molecule has 3 aromatic rings. The first-order valence-corrected chi connectivity index (χ1v) is 8.84. The molecule has 1 aromatic heterocycles. The molecule has 0 aliphatic rings. The van der Waals surface area contributed by atoms with Crippen LogP contribution < -0.4 is 10.6 Å². The summed E-state index contributed by atoms with van der Waals surface area (Å²) in [7, 11) is 0. The minimum atomic E-state index is 0.509. The Hall–Kier alpha value is -2.18. The molecule has 1 heterocycles. The highest BCUT2D eigenvalue weighted by Gasteiger charge is 2.10. The Morgan fingerprint density at radius 3 is 2.58 bits per heavy atom. The lowest BCUT2D eigenvalue weighted by Gasteiger charge is -2.07. The van der Waals surface area contributed by atoms with Gasteiger partial charge in [-0.05, 0) is 17.7 Å². The SMILES string of the molecule is Nn1c(Cc2ccccc2)nnc1SCCOc1ccccc1Cl. The van der Waals surface area contributed by atoms with Gasteiger partial charge in [-0.3, -0.25) is 0 Å². The van der Waals surface area contributed by atoms with Gasteiger partial charge in [0, 0.05) is 12.2 Å². The van der Waals surface area contributed by atoms with E-state index in [1.807, 2.05) is 48.5 Å². The van der Waals surface area contributed by atoms with Crippen molar-refractivity contribution in [2.75, 3.05) is 18.2 Å². The number of hydrogen-bond donors (Lipinski definition) is 1. The minimum absolute atomic E-state index is 0.509. The van der Waals surface area contributed by atoms with Crippen molar-refractivity contribution >= 4 is 23.4 Å². The molecule has 0 fully saturated rings. The van der Waals surface area contributed by atoms with Crippen LogP contribution in [-0.2, 0) is 6.42 Å². The van der Waals surface area contributed by atoms with Crippen LogP contribution in [-0.4, -0.2) is 27.2 Å². The number of rotatable bonds is 7. The van der Waals surface area contributed by atoms with Crippen molar-refractivity contribution in [3.05, 3.63) is 71.0 Å². The Balaban J connectivity index is 1.52. The fourth-order valence-electron chi connectivity index (χ4n) is 2.15. The third-order valence-corrected chi connectivity index (χ3v) is 4.57. The van der Waals surface area contributed by atoms with Crippen LogP contribution in [0.2, 0.25) is 5.02 Å². The molecular weight excluding hydrogens is 344 g/mol. The molecule has 0 unspecified atom stereocenters. The normalized spacial score (nSPS) is 10.7. The molecule has 3 rings (SSSR count). The van der Waals surface area contributed by atoms with Gasteiger partial charge in [-0.1, -0.05) is 65.8 Å². The van der Waals surface area contributed by atoms with Gasteiger partial charge in [-0.15, -0.1) is 10.2 Å². The fraction of sp³-hybridized carbons (Fsp3) is 0.176. The van der Waals surface area contributed by atoms with E-state index in [9.17, 15) is 0 Å². The minimum Gasteiger partial charge on any atom is -0.491 e. The highest BCUT2D eigenvalue weighted by Crippen LogP contribution is 2.23. The molecule has 0 amide bonds. The maximum absolute atomic E-state index is 6.08. The molecule has 0 radical (unpaired) electrons. The molecule has 2 aromatic carbocycles. The molecule has 0 aliphatic heterocycles. The molecule has 124 valence electrons. The average molecular weight is 361 g/mol.